The molecule has 134 valence electrons. The topological polar surface area (TPSA) is 54.9 Å². The van der Waals surface area contributed by atoms with Crippen molar-refractivity contribution in [2.24, 2.45) is 5.92 Å². The average Bonchev–Trinajstić information content (AvgIpc) is 2.96. The molecule has 0 bridgehead atoms. The fourth-order valence-corrected chi connectivity index (χ4v) is 3.90. The van der Waals surface area contributed by atoms with E-state index in [2.05, 4.69) is 15.3 Å². The summed E-state index contributed by atoms with van der Waals surface area (Å²) >= 11 is 1.25. The van der Waals surface area contributed by atoms with Crippen molar-refractivity contribution in [3.8, 4) is 11.1 Å². The van der Waals surface area contributed by atoms with Crippen LogP contribution in [0.5, 0.6) is 0 Å². The van der Waals surface area contributed by atoms with E-state index >= 15 is 0 Å². The Morgan fingerprint density at radius 3 is 2.81 bits per heavy atom. The van der Waals surface area contributed by atoms with Gasteiger partial charge in [0, 0.05) is 30.5 Å². The number of hydrogen-bond donors (Lipinski definition) is 1. The van der Waals surface area contributed by atoms with Gasteiger partial charge in [-0.1, -0.05) is 17.4 Å². The van der Waals surface area contributed by atoms with E-state index in [0.29, 0.717) is 21.8 Å². The fourth-order valence-electron chi connectivity index (χ4n) is 2.99. The van der Waals surface area contributed by atoms with Gasteiger partial charge in [0.1, 0.15) is 5.82 Å². The molecule has 26 heavy (non-hydrogen) atoms. The second-order valence-electron chi connectivity index (χ2n) is 6.45. The van der Waals surface area contributed by atoms with Crippen LogP contribution >= 0.6 is 11.3 Å². The second kappa shape index (κ2) is 6.05. The maximum atomic E-state index is 13.7. The summed E-state index contributed by atoms with van der Waals surface area (Å²) in [6.07, 6.45) is 1.93. The summed E-state index contributed by atoms with van der Waals surface area (Å²) in [5, 5.41) is 2.98. The number of pyridine rings is 1. The Morgan fingerprint density at radius 1 is 1.31 bits per heavy atom. The number of fused-ring (bicyclic) bond motifs is 1. The van der Waals surface area contributed by atoms with Gasteiger partial charge in [0.15, 0.2) is 5.13 Å². The number of thiazole rings is 1. The highest BCUT2D eigenvalue weighted by atomic mass is 32.1. The average molecular weight is 377 g/mol. The lowest BCUT2D eigenvalue weighted by Crippen LogP contribution is -2.42. The van der Waals surface area contributed by atoms with Crippen LogP contribution in [0.15, 0.2) is 30.6 Å². The number of carbonyl (C=O) groups excluding carboxylic acids is 1. The zero-order chi connectivity index (χ0) is 18.5. The van der Waals surface area contributed by atoms with Crippen molar-refractivity contribution >= 4 is 32.6 Å². The molecule has 1 aliphatic carbocycles. The van der Waals surface area contributed by atoms with Crippen LogP contribution < -0.4 is 5.32 Å². The van der Waals surface area contributed by atoms with E-state index < -0.39 is 30.6 Å². The molecule has 1 aromatic carbocycles. The van der Waals surface area contributed by atoms with Gasteiger partial charge in [-0.2, -0.15) is 0 Å². The molecular weight excluding hydrogens is 363 g/mol. The highest BCUT2D eigenvalue weighted by Gasteiger charge is 2.48. The zero-order valence-corrected chi connectivity index (χ0v) is 14.5. The number of hydrogen-bond acceptors (Lipinski definition) is 4. The molecule has 1 saturated carbocycles. The van der Waals surface area contributed by atoms with Gasteiger partial charge >= 0.3 is 0 Å². The largest absolute Gasteiger partial charge is 0.302 e. The van der Waals surface area contributed by atoms with Crippen molar-refractivity contribution in [3.63, 3.8) is 0 Å². The normalized spacial score (nSPS) is 16.5. The zero-order valence-electron chi connectivity index (χ0n) is 13.7. The van der Waals surface area contributed by atoms with Crippen LogP contribution in [-0.4, -0.2) is 21.8 Å². The highest BCUT2D eigenvalue weighted by molar-refractivity contribution is 7.22. The predicted octanol–water partition coefficient (Wildman–Crippen LogP) is 4.79. The third-order valence-electron chi connectivity index (χ3n) is 4.54. The van der Waals surface area contributed by atoms with Crippen LogP contribution in [-0.2, 0) is 4.79 Å². The van der Waals surface area contributed by atoms with Crippen molar-refractivity contribution < 1.29 is 18.0 Å². The molecule has 2 aromatic heterocycles. The highest BCUT2D eigenvalue weighted by Crippen LogP contribution is 2.43. The number of rotatable bonds is 3. The smallest absolute Gasteiger partial charge is 0.249 e. The Balaban J connectivity index is 1.58. The summed E-state index contributed by atoms with van der Waals surface area (Å²) in [6, 6.07) is 5.44. The van der Waals surface area contributed by atoms with Crippen LogP contribution in [0.1, 0.15) is 18.4 Å². The van der Waals surface area contributed by atoms with E-state index in [9.17, 15) is 18.0 Å². The monoisotopic (exact) mass is 377 g/mol. The van der Waals surface area contributed by atoms with Gasteiger partial charge < -0.3 is 5.32 Å². The molecule has 4 rings (SSSR count). The summed E-state index contributed by atoms with van der Waals surface area (Å²) in [6.45, 7) is 1.68. The molecule has 3 aromatic rings. The molecule has 0 atom stereocenters. The van der Waals surface area contributed by atoms with E-state index in [1.165, 1.54) is 17.5 Å². The van der Waals surface area contributed by atoms with Crippen LogP contribution in [0.4, 0.5) is 18.3 Å². The molecule has 1 fully saturated rings. The molecule has 0 radical (unpaired) electrons. The van der Waals surface area contributed by atoms with Gasteiger partial charge in [0.2, 0.25) is 11.8 Å². The number of nitrogens with zero attached hydrogens (tertiary/aromatic N) is 2. The predicted molar refractivity (Wildman–Crippen MR) is 93.8 cm³/mol. The van der Waals surface area contributed by atoms with Crippen molar-refractivity contribution in [1.29, 1.82) is 0 Å². The number of halogens is 3. The molecule has 2 heterocycles. The molecule has 1 aliphatic rings. The van der Waals surface area contributed by atoms with Gasteiger partial charge in [-0.3, -0.25) is 9.78 Å². The molecule has 0 unspecified atom stereocenters. The van der Waals surface area contributed by atoms with Gasteiger partial charge in [-0.25, -0.2) is 18.2 Å². The molecule has 4 nitrogen and oxygen atoms in total. The minimum atomic E-state index is -2.73. The quantitative estimate of drug-likeness (QED) is 0.714. The second-order valence-corrected chi connectivity index (χ2v) is 7.48. The minimum absolute atomic E-state index is 0.367. The standard InChI is InChI=1S/C18H14F3N3OS/c1-9-12(7-22-8-13(9)19)10-2-3-14-15(4-10)26-17(23-14)24-16(25)11-5-18(20,21)6-11/h2-4,7-8,11H,5-6H2,1H3,(H,23,24,25). The van der Waals surface area contributed by atoms with Gasteiger partial charge in [0.05, 0.1) is 16.4 Å². The Kier molecular flexibility index (Phi) is 3.95. The van der Waals surface area contributed by atoms with E-state index in [1.807, 2.05) is 12.1 Å². The van der Waals surface area contributed by atoms with Crippen LogP contribution in [0.25, 0.3) is 21.3 Å². The molecule has 0 aliphatic heterocycles. The Hall–Kier alpha value is -2.48. The summed E-state index contributed by atoms with van der Waals surface area (Å²) in [7, 11) is 0. The molecule has 8 heteroatoms. The summed E-state index contributed by atoms with van der Waals surface area (Å²) in [5.74, 6) is -4.22. The van der Waals surface area contributed by atoms with Crippen LogP contribution in [0, 0.1) is 18.7 Å². The van der Waals surface area contributed by atoms with Gasteiger partial charge in [0.25, 0.3) is 0 Å². The number of amides is 1. The van der Waals surface area contributed by atoms with Crippen LogP contribution in [0.3, 0.4) is 0 Å². The van der Waals surface area contributed by atoms with Crippen molar-refractivity contribution in [2.75, 3.05) is 5.32 Å². The Labute approximate surface area is 151 Å². The first-order valence-corrected chi connectivity index (χ1v) is 8.84. The van der Waals surface area contributed by atoms with E-state index in [4.69, 9.17) is 0 Å². The number of anilines is 1. The third kappa shape index (κ3) is 3.05. The van der Waals surface area contributed by atoms with Crippen molar-refractivity contribution in [1.82, 2.24) is 9.97 Å². The Bertz CT molecular complexity index is 1010. The number of benzene rings is 1. The molecule has 1 amide bonds. The summed E-state index contributed by atoms with van der Waals surface area (Å²) in [5.41, 5.74) is 2.66. The van der Waals surface area contributed by atoms with Crippen molar-refractivity contribution in [3.05, 3.63) is 42.0 Å². The molecular formula is C18H14F3N3OS. The number of nitrogens with one attached hydrogen (secondary N) is 1. The lowest BCUT2D eigenvalue weighted by atomic mass is 9.81. The molecule has 0 spiro atoms. The SMILES string of the molecule is Cc1c(F)cncc1-c1ccc2nc(NC(=O)C3CC(F)(F)C3)sc2c1. The summed E-state index contributed by atoms with van der Waals surface area (Å²) in [4.78, 5) is 20.2. The molecule has 0 saturated heterocycles. The van der Waals surface area contributed by atoms with E-state index in [1.54, 1.807) is 19.2 Å². The fraction of sp³-hybridized carbons (Fsp3) is 0.278. The maximum Gasteiger partial charge on any atom is 0.249 e. The van der Waals surface area contributed by atoms with Gasteiger partial charge in [-0.15, -0.1) is 0 Å². The lowest BCUT2D eigenvalue weighted by molar-refractivity contribution is -0.145. The summed E-state index contributed by atoms with van der Waals surface area (Å²) < 4.78 is 40.3. The minimum Gasteiger partial charge on any atom is -0.302 e. The number of alkyl halides is 2. The first-order chi connectivity index (χ1) is 12.3. The van der Waals surface area contributed by atoms with E-state index in [-0.39, 0.29) is 5.82 Å². The number of carbonyl (C=O) groups is 1. The van der Waals surface area contributed by atoms with E-state index in [0.717, 1.165) is 10.3 Å². The first kappa shape index (κ1) is 17.0. The Morgan fingerprint density at radius 2 is 2.08 bits per heavy atom. The van der Waals surface area contributed by atoms with Crippen LogP contribution in [0.2, 0.25) is 0 Å². The maximum absolute atomic E-state index is 13.7. The third-order valence-corrected chi connectivity index (χ3v) is 5.48. The van der Waals surface area contributed by atoms with Crippen molar-refractivity contribution in [2.45, 2.75) is 25.7 Å². The number of aromatic nitrogens is 2. The lowest BCUT2D eigenvalue weighted by Gasteiger charge is -2.33. The van der Waals surface area contributed by atoms with Gasteiger partial charge in [-0.05, 0) is 30.2 Å². The molecule has 1 N–H and O–H groups in total. The first-order valence-electron chi connectivity index (χ1n) is 8.02.